The van der Waals surface area contributed by atoms with Gasteiger partial charge in [-0.25, -0.2) is 4.98 Å². The Morgan fingerprint density at radius 1 is 1.37 bits per heavy atom. The lowest BCUT2D eigenvalue weighted by atomic mass is 10.2. The maximum absolute atomic E-state index is 9.76. The largest absolute Gasteiger partial charge is 0.394 e. The van der Waals surface area contributed by atoms with Gasteiger partial charge in [-0.3, -0.25) is 0 Å². The molecule has 1 saturated heterocycles. The van der Waals surface area contributed by atoms with Gasteiger partial charge in [-0.1, -0.05) is 23.2 Å². The average Bonchev–Trinajstić information content (AvgIpc) is 2.93. The third-order valence-corrected chi connectivity index (χ3v) is 4.03. The van der Waals surface area contributed by atoms with Crippen molar-refractivity contribution in [2.24, 2.45) is 0 Å². The van der Waals surface area contributed by atoms with E-state index in [2.05, 4.69) is 4.98 Å². The van der Waals surface area contributed by atoms with E-state index in [1.165, 1.54) is 0 Å². The molecule has 3 unspecified atom stereocenters. The minimum absolute atomic E-state index is 0.211. The Morgan fingerprint density at radius 3 is 2.79 bits per heavy atom. The average molecular weight is 303 g/mol. The second kappa shape index (κ2) is 4.92. The maximum Gasteiger partial charge on any atom is 0.138 e. The summed E-state index contributed by atoms with van der Waals surface area (Å²) in [5.41, 5.74) is 1.49. The molecular formula is C12H12Cl2N2O3. The van der Waals surface area contributed by atoms with Gasteiger partial charge in [-0.05, 0) is 12.1 Å². The third kappa shape index (κ3) is 2.22. The second-order valence-electron chi connectivity index (χ2n) is 4.52. The first kappa shape index (κ1) is 13.1. The van der Waals surface area contributed by atoms with E-state index in [-0.39, 0.29) is 12.8 Å². The fraction of sp³-hybridized carbons (Fsp3) is 0.417. The molecule has 3 rings (SSSR count). The summed E-state index contributed by atoms with van der Waals surface area (Å²) in [5, 5.41) is 19.7. The van der Waals surface area contributed by atoms with Crippen molar-refractivity contribution < 1.29 is 14.9 Å². The van der Waals surface area contributed by atoms with E-state index in [4.69, 9.17) is 33.0 Å². The first-order chi connectivity index (χ1) is 9.10. The summed E-state index contributed by atoms with van der Waals surface area (Å²) in [6.45, 7) is -0.211. The zero-order valence-electron chi connectivity index (χ0n) is 9.83. The van der Waals surface area contributed by atoms with Crippen LogP contribution in [0.25, 0.3) is 11.0 Å². The maximum atomic E-state index is 9.76. The number of nitrogens with zero attached hydrogens (tertiary/aromatic N) is 2. The number of ether oxygens (including phenoxy) is 1. The minimum atomic E-state index is -0.685. The van der Waals surface area contributed by atoms with Crippen molar-refractivity contribution >= 4 is 34.2 Å². The monoisotopic (exact) mass is 302 g/mol. The van der Waals surface area contributed by atoms with Crippen molar-refractivity contribution in [1.29, 1.82) is 0 Å². The van der Waals surface area contributed by atoms with Gasteiger partial charge in [0.25, 0.3) is 0 Å². The summed E-state index contributed by atoms with van der Waals surface area (Å²) in [6.07, 6.45) is 0.403. The first-order valence-electron chi connectivity index (χ1n) is 5.86. The smallest absolute Gasteiger partial charge is 0.138 e. The van der Waals surface area contributed by atoms with Gasteiger partial charge in [0.05, 0.1) is 40.1 Å². The third-order valence-electron chi connectivity index (χ3n) is 3.31. The molecule has 1 aromatic carbocycles. The molecule has 0 spiro atoms. The van der Waals surface area contributed by atoms with Crippen LogP contribution in [-0.4, -0.2) is 38.6 Å². The van der Waals surface area contributed by atoms with Crippen LogP contribution in [-0.2, 0) is 4.74 Å². The first-order valence-corrected chi connectivity index (χ1v) is 6.61. The molecular weight excluding hydrogens is 291 g/mol. The SMILES string of the molecule is OCC1OC(n2cnc3cc(Cl)c(Cl)cc32)CC1O. The Bertz CT molecular complexity index is 616. The molecule has 7 heteroatoms. The predicted octanol–water partition coefficient (Wildman–Crippen LogP) is 1.98. The quantitative estimate of drug-likeness (QED) is 0.890. The van der Waals surface area contributed by atoms with Gasteiger partial charge in [0.15, 0.2) is 0 Å². The Morgan fingerprint density at radius 2 is 2.11 bits per heavy atom. The number of benzene rings is 1. The highest BCUT2D eigenvalue weighted by Crippen LogP contribution is 2.33. The number of fused-ring (bicyclic) bond motifs is 1. The molecule has 0 aliphatic carbocycles. The van der Waals surface area contributed by atoms with E-state index in [1.807, 2.05) is 0 Å². The number of hydrogen-bond donors (Lipinski definition) is 2. The number of hydrogen-bond acceptors (Lipinski definition) is 4. The minimum Gasteiger partial charge on any atom is -0.394 e. The van der Waals surface area contributed by atoms with Crippen molar-refractivity contribution in [3.8, 4) is 0 Å². The van der Waals surface area contributed by atoms with Gasteiger partial charge in [-0.15, -0.1) is 0 Å². The summed E-state index contributed by atoms with van der Waals surface area (Å²) >= 11 is 11.9. The number of aromatic nitrogens is 2. The molecule has 3 atom stereocenters. The van der Waals surface area contributed by atoms with Crippen molar-refractivity contribution in [1.82, 2.24) is 9.55 Å². The van der Waals surface area contributed by atoms with E-state index < -0.39 is 12.2 Å². The van der Waals surface area contributed by atoms with Crippen LogP contribution in [0.3, 0.4) is 0 Å². The standard InChI is InChI=1S/C12H12Cl2N2O3/c13-6-1-8-9(2-7(6)14)16(5-15-8)12-3-10(18)11(4-17)19-12/h1-2,5,10-12,17-18H,3-4H2. The van der Waals surface area contributed by atoms with Crippen molar-refractivity contribution in [2.45, 2.75) is 24.9 Å². The van der Waals surface area contributed by atoms with Crippen LogP contribution in [0.5, 0.6) is 0 Å². The molecule has 0 saturated carbocycles. The van der Waals surface area contributed by atoms with Gasteiger partial charge < -0.3 is 19.5 Å². The molecule has 102 valence electrons. The summed E-state index contributed by atoms with van der Waals surface area (Å²) < 4.78 is 7.38. The fourth-order valence-electron chi connectivity index (χ4n) is 2.30. The molecule has 2 N–H and O–H groups in total. The van der Waals surface area contributed by atoms with Crippen LogP contribution in [0.2, 0.25) is 10.0 Å². The Hall–Kier alpha value is -0.850. The van der Waals surface area contributed by atoms with Gasteiger partial charge in [0, 0.05) is 6.42 Å². The van der Waals surface area contributed by atoms with E-state index in [0.717, 1.165) is 5.52 Å². The number of halogens is 2. The number of imidazole rings is 1. The lowest BCUT2D eigenvalue weighted by molar-refractivity contribution is -0.0430. The molecule has 1 aliphatic rings. The van der Waals surface area contributed by atoms with E-state index >= 15 is 0 Å². The zero-order chi connectivity index (χ0) is 13.6. The van der Waals surface area contributed by atoms with E-state index in [0.29, 0.717) is 22.0 Å². The van der Waals surface area contributed by atoms with E-state index in [1.54, 1.807) is 23.0 Å². The summed E-state index contributed by atoms with van der Waals surface area (Å²) in [7, 11) is 0. The Labute approximate surface area is 119 Å². The van der Waals surface area contributed by atoms with Crippen molar-refractivity contribution in [3.05, 3.63) is 28.5 Å². The van der Waals surface area contributed by atoms with Crippen LogP contribution in [0.1, 0.15) is 12.6 Å². The van der Waals surface area contributed by atoms with Crippen molar-refractivity contribution in [2.75, 3.05) is 6.61 Å². The highest BCUT2D eigenvalue weighted by molar-refractivity contribution is 6.42. The van der Waals surface area contributed by atoms with Crippen LogP contribution < -0.4 is 0 Å². The molecule has 2 aromatic rings. The molecule has 0 radical (unpaired) electrons. The molecule has 2 heterocycles. The molecule has 5 nitrogen and oxygen atoms in total. The topological polar surface area (TPSA) is 67.5 Å². The predicted molar refractivity (Wildman–Crippen MR) is 71.4 cm³/mol. The van der Waals surface area contributed by atoms with Gasteiger partial charge >= 0.3 is 0 Å². The van der Waals surface area contributed by atoms with Crippen LogP contribution in [0, 0.1) is 0 Å². The normalized spacial score (nSPS) is 27.3. The number of rotatable bonds is 2. The molecule has 1 aliphatic heterocycles. The summed E-state index contributed by atoms with van der Waals surface area (Å²) in [4.78, 5) is 4.24. The Kier molecular flexibility index (Phi) is 3.41. The second-order valence-corrected chi connectivity index (χ2v) is 5.34. The van der Waals surface area contributed by atoms with Gasteiger partial charge in [-0.2, -0.15) is 0 Å². The number of aliphatic hydroxyl groups excluding tert-OH is 2. The van der Waals surface area contributed by atoms with Crippen molar-refractivity contribution in [3.63, 3.8) is 0 Å². The van der Waals surface area contributed by atoms with Crippen LogP contribution >= 0.6 is 23.2 Å². The molecule has 0 amide bonds. The van der Waals surface area contributed by atoms with Crippen LogP contribution in [0.4, 0.5) is 0 Å². The molecule has 19 heavy (non-hydrogen) atoms. The summed E-state index contributed by atoms with van der Waals surface area (Å²) in [5.74, 6) is 0. The van der Waals surface area contributed by atoms with Gasteiger partial charge in [0.1, 0.15) is 12.3 Å². The Balaban J connectivity index is 2.00. The lowest BCUT2D eigenvalue weighted by Gasteiger charge is -2.14. The molecule has 1 fully saturated rings. The van der Waals surface area contributed by atoms with Crippen LogP contribution in [0.15, 0.2) is 18.5 Å². The highest BCUT2D eigenvalue weighted by atomic mass is 35.5. The lowest BCUT2D eigenvalue weighted by Crippen LogP contribution is -2.24. The zero-order valence-corrected chi connectivity index (χ0v) is 11.3. The highest BCUT2D eigenvalue weighted by Gasteiger charge is 2.34. The number of aliphatic hydroxyl groups is 2. The van der Waals surface area contributed by atoms with E-state index in [9.17, 15) is 5.11 Å². The fourth-order valence-corrected chi connectivity index (χ4v) is 2.62. The van der Waals surface area contributed by atoms with Gasteiger partial charge in [0.2, 0.25) is 0 Å². The molecule has 1 aromatic heterocycles. The molecule has 0 bridgehead atoms. The summed E-state index contributed by atoms with van der Waals surface area (Å²) in [6, 6.07) is 3.40.